The van der Waals surface area contributed by atoms with Gasteiger partial charge in [-0.05, 0) is 98.7 Å². The van der Waals surface area contributed by atoms with Crippen molar-refractivity contribution in [2.45, 2.75) is 0 Å². The highest BCUT2D eigenvalue weighted by atomic mass is 15.0. The number of pyridine rings is 1. The van der Waals surface area contributed by atoms with Gasteiger partial charge in [0.05, 0.1) is 5.69 Å². The minimum absolute atomic E-state index is 0.945. The second-order valence-corrected chi connectivity index (χ2v) is 13.1. The monoisotopic (exact) mass is 620 g/mol. The molecule has 0 unspecified atom stereocenters. The van der Waals surface area contributed by atoms with Crippen LogP contribution in [0.2, 0.25) is 0 Å². The molecule has 2 heteroatoms. The van der Waals surface area contributed by atoms with Crippen LogP contribution in [0.15, 0.2) is 170 Å². The first-order valence-electron chi connectivity index (χ1n) is 16.9. The maximum atomic E-state index is 5.13. The Morgan fingerprint density at radius 1 is 0.347 bits per heavy atom. The Balaban J connectivity index is 1.39. The molecule has 0 fully saturated rings. The maximum absolute atomic E-state index is 5.13. The highest BCUT2D eigenvalue weighted by Crippen LogP contribution is 2.48. The molecular formula is C47H28N2. The number of nitrogens with zero attached hydrogens (tertiary/aromatic N) is 2. The van der Waals surface area contributed by atoms with E-state index in [2.05, 4.69) is 168 Å². The minimum atomic E-state index is 0.945. The molecule has 0 aliphatic heterocycles. The molecule has 11 aromatic rings. The highest BCUT2D eigenvalue weighted by molar-refractivity contribution is 6.35. The lowest BCUT2D eigenvalue weighted by molar-refractivity contribution is 1.19. The van der Waals surface area contributed by atoms with Gasteiger partial charge in [-0.3, -0.25) is 0 Å². The number of fused-ring (bicyclic) bond motifs is 8. The molecule has 0 aliphatic rings. The number of hydrogen-bond acceptors (Lipinski definition) is 1. The van der Waals surface area contributed by atoms with E-state index in [0.717, 1.165) is 11.3 Å². The van der Waals surface area contributed by atoms with Gasteiger partial charge in [0, 0.05) is 18.0 Å². The van der Waals surface area contributed by atoms with E-state index in [1.54, 1.807) is 0 Å². The predicted octanol–water partition coefficient (Wildman–Crippen LogP) is 12.7. The molecule has 0 radical (unpaired) electrons. The van der Waals surface area contributed by atoms with Gasteiger partial charge in [0.25, 0.3) is 0 Å². The number of aromatic nitrogens is 2. The molecule has 11 rings (SSSR count). The second-order valence-electron chi connectivity index (χ2n) is 13.1. The van der Waals surface area contributed by atoms with Crippen molar-refractivity contribution in [3.05, 3.63) is 170 Å². The fourth-order valence-electron chi connectivity index (χ4n) is 8.57. The van der Waals surface area contributed by atoms with Gasteiger partial charge in [0.1, 0.15) is 5.65 Å². The van der Waals surface area contributed by atoms with Gasteiger partial charge >= 0.3 is 0 Å². The zero-order valence-corrected chi connectivity index (χ0v) is 26.6. The lowest BCUT2D eigenvalue weighted by atomic mass is 9.84. The average Bonchev–Trinajstić information content (AvgIpc) is 3.59. The van der Waals surface area contributed by atoms with Gasteiger partial charge in [-0.15, -0.1) is 0 Å². The van der Waals surface area contributed by atoms with E-state index in [1.165, 1.54) is 92.1 Å². The van der Waals surface area contributed by atoms with E-state index in [4.69, 9.17) is 4.98 Å². The summed E-state index contributed by atoms with van der Waals surface area (Å²) in [6, 6.07) is 58.0. The maximum Gasteiger partial charge on any atom is 0.137 e. The third-order valence-corrected chi connectivity index (χ3v) is 10.5. The molecule has 0 bridgehead atoms. The molecular weight excluding hydrogens is 593 g/mol. The first-order valence-corrected chi connectivity index (χ1v) is 16.9. The normalized spacial score (nSPS) is 12.1. The quantitative estimate of drug-likeness (QED) is 0.139. The first kappa shape index (κ1) is 26.5. The summed E-state index contributed by atoms with van der Waals surface area (Å²) in [5, 5.41) is 17.6. The number of rotatable bonds is 2. The predicted molar refractivity (Wildman–Crippen MR) is 209 cm³/mol. The average molecular weight is 621 g/mol. The third kappa shape index (κ3) is 3.69. The van der Waals surface area contributed by atoms with E-state index < -0.39 is 0 Å². The lowest BCUT2D eigenvalue weighted by Gasteiger charge is -2.19. The Labute approximate surface area is 282 Å². The SMILES string of the molecule is c1ccc2c(-c3cccc4c5cccc6ccc7cccc(c8ccccc8c34)c7c65)c3ccccc3c(-c3cn4ccccc4n3)c2c1. The van der Waals surface area contributed by atoms with E-state index in [0.29, 0.717) is 0 Å². The number of benzene rings is 8. The van der Waals surface area contributed by atoms with E-state index >= 15 is 0 Å². The van der Waals surface area contributed by atoms with Crippen LogP contribution in [-0.4, -0.2) is 9.38 Å². The zero-order chi connectivity index (χ0) is 32.1. The van der Waals surface area contributed by atoms with Gasteiger partial charge in [-0.1, -0.05) is 146 Å². The summed E-state index contributed by atoms with van der Waals surface area (Å²) in [7, 11) is 0. The standard InChI is InChI=1S/C47H28N2/c1-2-15-33-31(14-1)32-20-9-12-29-25-26-30-13-10-21-34(44(30)43(29)32)37-22-11-23-40(45(33)37)46-35-16-3-5-18-38(35)47(39-19-6-4-17-36(39)46)41-28-49-27-8-7-24-42(49)48-41/h1-28H. The summed E-state index contributed by atoms with van der Waals surface area (Å²) >= 11 is 0. The molecule has 0 amide bonds. The van der Waals surface area contributed by atoms with Crippen molar-refractivity contribution >= 4 is 81.1 Å². The fourth-order valence-corrected chi connectivity index (χ4v) is 8.57. The van der Waals surface area contributed by atoms with Gasteiger partial charge in [0.2, 0.25) is 0 Å². The van der Waals surface area contributed by atoms with Crippen LogP contribution in [-0.2, 0) is 0 Å². The van der Waals surface area contributed by atoms with Gasteiger partial charge in [0.15, 0.2) is 0 Å². The largest absolute Gasteiger partial charge is 0.306 e. The van der Waals surface area contributed by atoms with Crippen molar-refractivity contribution in [3.8, 4) is 22.4 Å². The van der Waals surface area contributed by atoms with Crippen LogP contribution in [0.5, 0.6) is 0 Å². The number of hydrogen-bond donors (Lipinski definition) is 0. The minimum Gasteiger partial charge on any atom is -0.306 e. The third-order valence-electron chi connectivity index (χ3n) is 10.5. The van der Waals surface area contributed by atoms with Gasteiger partial charge in [-0.2, -0.15) is 0 Å². The number of imidazole rings is 1. The van der Waals surface area contributed by atoms with E-state index in [1.807, 2.05) is 6.07 Å². The van der Waals surface area contributed by atoms with Gasteiger partial charge in [-0.25, -0.2) is 4.98 Å². The summed E-state index contributed by atoms with van der Waals surface area (Å²) in [6.07, 6.45) is 4.24. The molecule has 226 valence electrons. The van der Waals surface area contributed by atoms with Crippen LogP contribution < -0.4 is 0 Å². The Morgan fingerprint density at radius 2 is 0.816 bits per heavy atom. The van der Waals surface area contributed by atoms with Crippen molar-refractivity contribution in [3.63, 3.8) is 0 Å². The van der Waals surface area contributed by atoms with Crippen LogP contribution in [0.4, 0.5) is 0 Å². The van der Waals surface area contributed by atoms with Crippen LogP contribution in [0.3, 0.4) is 0 Å². The topological polar surface area (TPSA) is 17.3 Å². The summed E-state index contributed by atoms with van der Waals surface area (Å²) < 4.78 is 2.11. The summed E-state index contributed by atoms with van der Waals surface area (Å²) in [5.41, 5.74) is 5.59. The van der Waals surface area contributed by atoms with Crippen LogP contribution in [0, 0.1) is 0 Å². The summed E-state index contributed by atoms with van der Waals surface area (Å²) in [4.78, 5) is 5.13. The van der Waals surface area contributed by atoms with Crippen molar-refractivity contribution in [1.29, 1.82) is 0 Å². The summed E-state index contributed by atoms with van der Waals surface area (Å²) in [5.74, 6) is 0. The van der Waals surface area contributed by atoms with E-state index in [9.17, 15) is 0 Å². The molecule has 9 aromatic carbocycles. The Kier molecular flexibility index (Phi) is 5.42. The Bertz CT molecular complexity index is 3080. The lowest BCUT2D eigenvalue weighted by Crippen LogP contribution is -1.92. The van der Waals surface area contributed by atoms with Crippen molar-refractivity contribution in [2.24, 2.45) is 0 Å². The fraction of sp³-hybridized carbons (Fsp3) is 0. The second kappa shape index (κ2) is 10.00. The smallest absolute Gasteiger partial charge is 0.137 e. The van der Waals surface area contributed by atoms with Gasteiger partial charge < -0.3 is 4.40 Å². The highest BCUT2D eigenvalue weighted by Gasteiger charge is 2.21. The van der Waals surface area contributed by atoms with Crippen molar-refractivity contribution in [1.82, 2.24) is 9.38 Å². The molecule has 2 nitrogen and oxygen atoms in total. The van der Waals surface area contributed by atoms with Crippen molar-refractivity contribution in [2.75, 3.05) is 0 Å². The molecule has 2 aromatic heterocycles. The first-order chi connectivity index (χ1) is 24.3. The molecule has 0 saturated carbocycles. The molecule has 0 saturated heterocycles. The van der Waals surface area contributed by atoms with Crippen LogP contribution >= 0.6 is 0 Å². The molecule has 0 aliphatic carbocycles. The Hall–Kier alpha value is -6.51. The molecule has 0 atom stereocenters. The molecule has 0 spiro atoms. The molecule has 2 heterocycles. The molecule has 0 N–H and O–H groups in total. The zero-order valence-electron chi connectivity index (χ0n) is 26.6. The van der Waals surface area contributed by atoms with Crippen LogP contribution in [0.25, 0.3) is 103 Å². The molecule has 49 heavy (non-hydrogen) atoms. The summed E-state index contributed by atoms with van der Waals surface area (Å²) in [6.45, 7) is 0. The van der Waals surface area contributed by atoms with E-state index in [-0.39, 0.29) is 0 Å². The van der Waals surface area contributed by atoms with Crippen LogP contribution in [0.1, 0.15) is 0 Å². The van der Waals surface area contributed by atoms with Crippen molar-refractivity contribution < 1.29 is 0 Å². The Morgan fingerprint density at radius 3 is 1.45 bits per heavy atom.